The van der Waals surface area contributed by atoms with Crippen LogP contribution >= 0.6 is 11.3 Å². The van der Waals surface area contributed by atoms with Crippen LogP contribution in [0.25, 0.3) is 0 Å². The quantitative estimate of drug-likeness (QED) is 0.915. The Hall–Kier alpha value is -1.90. The lowest BCUT2D eigenvalue weighted by atomic mass is 10.3. The summed E-state index contributed by atoms with van der Waals surface area (Å²) in [6.07, 6.45) is 3.04. The average Bonchev–Trinajstić information content (AvgIpc) is 2.96. The normalized spacial score (nSPS) is 15.7. The van der Waals surface area contributed by atoms with E-state index in [1.807, 2.05) is 12.3 Å². The molecule has 0 aliphatic carbocycles. The van der Waals surface area contributed by atoms with Crippen LogP contribution in [0.3, 0.4) is 0 Å². The first kappa shape index (κ1) is 15.0. The molecule has 2 aromatic rings. The molecule has 22 heavy (non-hydrogen) atoms. The predicted octanol–water partition coefficient (Wildman–Crippen LogP) is 1.33. The van der Waals surface area contributed by atoms with Gasteiger partial charge in [0.2, 0.25) is 0 Å². The number of morpholine rings is 1. The lowest BCUT2D eigenvalue weighted by molar-refractivity contribution is 0.0337. The van der Waals surface area contributed by atoms with Gasteiger partial charge in [-0.05, 0) is 6.92 Å². The second kappa shape index (κ2) is 6.91. The molecule has 0 spiro atoms. The number of ether oxygens (including phenoxy) is 1. The maximum Gasteiger partial charge on any atom is 0.277 e. The Balaban J connectivity index is 1.58. The third-order valence-electron chi connectivity index (χ3n) is 3.28. The number of hydrogen-bond donors (Lipinski definition) is 1. The van der Waals surface area contributed by atoms with E-state index < -0.39 is 0 Å². The van der Waals surface area contributed by atoms with Gasteiger partial charge in [0.1, 0.15) is 5.69 Å². The van der Waals surface area contributed by atoms with Crippen LogP contribution in [0.15, 0.2) is 17.8 Å². The molecule has 1 saturated heterocycles. The van der Waals surface area contributed by atoms with Crippen LogP contribution in [0.4, 0.5) is 5.13 Å². The van der Waals surface area contributed by atoms with Crippen LogP contribution in [0.5, 0.6) is 0 Å². The smallest absolute Gasteiger partial charge is 0.277 e. The van der Waals surface area contributed by atoms with Crippen molar-refractivity contribution in [2.75, 3.05) is 31.6 Å². The molecule has 0 saturated carbocycles. The minimum absolute atomic E-state index is 0.288. The molecule has 116 valence electrons. The van der Waals surface area contributed by atoms with Gasteiger partial charge < -0.3 is 4.74 Å². The molecule has 3 heterocycles. The summed E-state index contributed by atoms with van der Waals surface area (Å²) in [5, 5.41) is 5.30. The van der Waals surface area contributed by atoms with Gasteiger partial charge in [-0.3, -0.25) is 20.0 Å². The number of anilines is 1. The predicted molar refractivity (Wildman–Crippen MR) is 82.9 cm³/mol. The Morgan fingerprint density at radius 3 is 2.91 bits per heavy atom. The van der Waals surface area contributed by atoms with E-state index in [9.17, 15) is 4.79 Å². The van der Waals surface area contributed by atoms with E-state index in [1.165, 1.54) is 17.5 Å². The largest absolute Gasteiger partial charge is 0.379 e. The first-order valence-corrected chi connectivity index (χ1v) is 7.93. The second-order valence-electron chi connectivity index (χ2n) is 5.03. The maximum atomic E-state index is 12.1. The fraction of sp³-hybridized carbons (Fsp3) is 0.429. The Morgan fingerprint density at radius 1 is 1.36 bits per heavy atom. The van der Waals surface area contributed by atoms with E-state index in [1.54, 1.807) is 6.20 Å². The summed E-state index contributed by atoms with van der Waals surface area (Å²) in [5.41, 5.74) is 2.02. The Labute approximate surface area is 132 Å². The summed E-state index contributed by atoms with van der Waals surface area (Å²) in [7, 11) is 0. The Bertz CT molecular complexity index is 637. The minimum atomic E-state index is -0.292. The van der Waals surface area contributed by atoms with Crippen molar-refractivity contribution in [3.05, 3.63) is 34.9 Å². The molecule has 0 radical (unpaired) electrons. The van der Waals surface area contributed by atoms with Gasteiger partial charge in [0.25, 0.3) is 5.91 Å². The average molecular weight is 319 g/mol. The zero-order chi connectivity index (χ0) is 15.4. The number of thiazole rings is 1. The highest BCUT2D eigenvalue weighted by Crippen LogP contribution is 2.17. The topological polar surface area (TPSA) is 80.2 Å². The van der Waals surface area contributed by atoms with E-state index >= 15 is 0 Å². The lowest BCUT2D eigenvalue weighted by Crippen LogP contribution is -2.35. The molecule has 7 nitrogen and oxygen atoms in total. The zero-order valence-electron chi connectivity index (χ0n) is 12.3. The fourth-order valence-electron chi connectivity index (χ4n) is 2.10. The molecule has 8 heteroatoms. The molecule has 1 N–H and O–H groups in total. The van der Waals surface area contributed by atoms with E-state index in [-0.39, 0.29) is 11.6 Å². The van der Waals surface area contributed by atoms with Gasteiger partial charge in [0.05, 0.1) is 30.8 Å². The van der Waals surface area contributed by atoms with E-state index in [0.29, 0.717) is 5.13 Å². The third-order valence-corrected chi connectivity index (χ3v) is 4.08. The summed E-state index contributed by atoms with van der Waals surface area (Å²) in [4.78, 5) is 26.9. The number of amides is 1. The molecule has 3 rings (SSSR count). The number of carbonyl (C=O) groups excluding carboxylic acids is 1. The minimum Gasteiger partial charge on any atom is -0.379 e. The number of aryl methyl sites for hydroxylation is 1. The molecule has 1 amide bonds. The summed E-state index contributed by atoms with van der Waals surface area (Å²) in [6, 6.07) is 0. The van der Waals surface area contributed by atoms with Crippen LogP contribution < -0.4 is 5.32 Å². The molecule has 0 unspecified atom stereocenters. The van der Waals surface area contributed by atoms with Crippen LogP contribution in [0.2, 0.25) is 0 Å². The number of hydrogen-bond acceptors (Lipinski definition) is 7. The molecule has 1 fully saturated rings. The van der Waals surface area contributed by atoms with E-state index in [4.69, 9.17) is 4.74 Å². The molecule has 0 aromatic carbocycles. The monoisotopic (exact) mass is 319 g/mol. The van der Waals surface area contributed by atoms with Gasteiger partial charge in [-0.1, -0.05) is 0 Å². The summed E-state index contributed by atoms with van der Waals surface area (Å²) >= 11 is 1.42. The van der Waals surface area contributed by atoms with Gasteiger partial charge in [-0.2, -0.15) is 0 Å². The number of nitrogens with zero attached hydrogens (tertiary/aromatic N) is 4. The lowest BCUT2D eigenvalue weighted by Gasteiger charge is -2.25. The first-order chi connectivity index (χ1) is 10.7. The van der Waals surface area contributed by atoms with Crippen molar-refractivity contribution in [1.29, 1.82) is 0 Å². The number of rotatable bonds is 4. The van der Waals surface area contributed by atoms with E-state index in [0.717, 1.165) is 44.2 Å². The highest BCUT2D eigenvalue weighted by atomic mass is 32.1. The second-order valence-corrected chi connectivity index (χ2v) is 5.89. The van der Waals surface area contributed by atoms with Crippen molar-refractivity contribution in [3.8, 4) is 0 Å². The third kappa shape index (κ3) is 3.85. The molecule has 1 aliphatic heterocycles. The summed E-state index contributed by atoms with van der Waals surface area (Å²) < 4.78 is 5.32. The Kier molecular flexibility index (Phi) is 4.71. The molecular weight excluding hydrogens is 302 g/mol. The maximum absolute atomic E-state index is 12.1. The SMILES string of the molecule is Cc1cnc(C(=O)Nc2nc(CN3CCOCC3)cs2)cn1. The van der Waals surface area contributed by atoms with Gasteiger partial charge in [0, 0.05) is 31.2 Å². The van der Waals surface area contributed by atoms with Crippen molar-refractivity contribution in [2.45, 2.75) is 13.5 Å². The zero-order valence-corrected chi connectivity index (χ0v) is 13.1. The van der Waals surface area contributed by atoms with E-state index in [2.05, 4.69) is 25.2 Å². The van der Waals surface area contributed by atoms with Gasteiger partial charge in [-0.25, -0.2) is 9.97 Å². The molecule has 0 bridgehead atoms. The molecular formula is C14H17N5O2S. The highest BCUT2D eigenvalue weighted by Gasteiger charge is 2.14. The fourth-order valence-corrected chi connectivity index (χ4v) is 2.79. The summed E-state index contributed by atoms with van der Waals surface area (Å²) in [5.74, 6) is -0.292. The number of nitrogens with one attached hydrogen (secondary N) is 1. The molecule has 2 aromatic heterocycles. The standard InChI is InChI=1S/C14H17N5O2S/c1-10-6-16-12(7-15-10)13(20)18-14-17-11(9-22-14)8-19-2-4-21-5-3-19/h6-7,9H,2-5,8H2,1H3,(H,17,18,20). The van der Waals surface area contributed by atoms with Crippen LogP contribution in [-0.2, 0) is 11.3 Å². The number of aromatic nitrogens is 3. The van der Waals surface area contributed by atoms with Gasteiger partial charge >= 0.3 is 0 Å². The van der Waals surface area contributed by atoms with Crippen molar-refractivity contribution < 1.29 is 9.53 Å². The van der Waals surface area contributed by atoms with Crippen molar-refractivity contribution in [1.82, 2.24) is 19.9 Å². The van der Waals surface area contributed by atoms with Crippen molar-refractivity contribution in [3.63, 3.8) is 0 Å². The molecule has 0 atom stereocenters. The summed E-state index contributed by atoms with van der Waals surface area (Å²) in [6.45, 7) is 5.96. The van der Waals surface area contributed by atoms with Crippen LogP contribution in [0.1, 0.15) is 21.9 Å². The van der Waals surface area contributed by atoms with Gasteiger partial charge in [-0.15, -0.1) is 11.3 Å². The van der Waals surface area contributed by atoms with Crippen LogP contribution in [-0.4, -0.2) is 52.1 Å². The van der Waals surface area contributed by atoms with Crippen LogP contribution in [0, 0.1) is 6.92 Å². The van der Waals surface area contributed by atoms with Gasteiger partial charge in [0.15, 0.2) is 5.13 Å². The number of carbonyl (C=O) groups is 1. The molecule has 1 aliphatic rings. The Morgan fingerprint density at radius 2 is 2.18 bits per heavy atom. The highest BCUT2D eigenvalue weighted by molar-refractivity contribution is 7.13. The van der Waals surface area contributed by atoms with Crippen molar-refractivity contribution in [2.24, 2.45) is 0 Å². The van der Waals surface area contributed by atoms with Crippen molar-refractivity contribution >= 4 is 22.4 Å². The first-order valence-electron chi connectivity index (χ1n) is 7.05.